The highest BCUT2D eigenvalue weighted by Crippen LogP contribution is 2.30. The van der Waals surface area contributed by atoms with Gasteiger partial charge in [0.05, 0.1) is 29.8 Å². The number of ether oxygens (including phenoxy) is 1. The molecular formula is C17H18N4O3. The van der Waals surface area contributed by atoms with Gasteiger partial charge in [-0.2, -0.15) is 5.10 Å². The summed E-state index contributed by atoms with van der Waals surface area (Å²) in [6, 6.07) is 8.90. The second kappa shape index (κ2) is 6.27. The zero-order valence-corrected chi connectivity index (χ0v) is 13.8. The number of hydrogen-bond donors (Lipinski definition) is 0. The van der Waals surface area contributed by atoms with Crippen molar-refractivity contribution in [2.24, 2.45) is 0 Å². The van der Waals surface area contributed by atoms with Gasteiger partial charge in [-0.05, 0) is 31.5 Å². The first-order chi connectivity index (χ1) is 11.5. The molecule has 2 aromatic heterocycles. The van der Waals surface area contributed by atoms with Gasteiger partial charge < -0.3 is 4.74 Å². The van der Waals surface area contributed by atoms with Gasteiger partial charge in [-0.15, -0.1) is 0 Å². The van der Waals surface area contributed by atoms with Crippen molar-refractivity contribution in [3.8, 4) is 5.88 Å². The molecule has 0 aliphatic rings. The van der Waals surface area contributed by atoms with Crippen LogP contribution in [0.25, 0.3) is 10.9 Å². The lowest BCUT2D eigenvalue weighted by atomic mass is 10.1. The fraction of sp³-hybridized carbons (Fsp3) is 0.294. The van der Waals surface area contributed by atoms with E-state index in [4.69, 9.17) is 4.74 Å². The zero-order valence-electron chi connectivity index (χ0n) is 13.8. The average Bonchev–Trinajstić information content (AvgIpc) is 2.94. The summed E-state index contributed by atoms with van der Waals surface area (Å²) in [5.74, 6) is 0.544. The van der Waals surface area contributed by atoms with Crippen LogP contribution in [0.3, 0.4) is 0 Å². The van der Waals surface area contributed by atoms with Gasteiger partial charge in [-0.1, -0.05) is 13.0 Å². The molecule has 0 aliphatic heterocycles. The van der Waals surface area contributed by atoms with Crippen molar-refractivity contribution in [2.75, 3.05) is 7.11 Å². The Hall–Kier alpha value is -2.96. The molecule has 0 aliphatic carbocycles. The fourth-order valence-electron chi connectivity index (χ4n) is 2.83. The minimum Gasteiger partial charge on any atom is -0.481 e. The molecule has 0 N–H and O–H groups in total. The van der Waals surface area contributed by atoms with Gasteiger partial charge in [-0.3, -0.25) is 14.8 Å². The Balaban J connectivity index is 2.14. The third kappa shape index (κ3) is 2.68. The van der Waals surface area contributed by atoms with Crippen LogP contribution in [0.1, 0.15) is 23.9 Å². The summed E-state index contributed by atoms with van der Waals surface area (Å²) in [5.41, 5.74) is 3.29. The Morgan fingerprint density at radius 2 is 2.08 bits per heavy atom. The summed E-state index contributed by atoms with van der Waals surface area (Å²) >= 11 is 0. The first-order valence-electron chi connectivity index (χ1n) is 7.68. The van der Waals surface area contributed by atoms with Crippen LogP contribution in [0.15, 0.2) is 30.3 Å². The summed E-state index contributed by atoms with van der Waals surface area (Å²) in [6.45, 7) is 4.28. The minimum atomic E-state index is -0.360. The van der Waals surface area contributed by atoms with E-state index in [0.29, 0.717) is 24.2 Å². The number of hydrogen-bond acceptors (Lipinski definition) is 5. The minimum absolute atomic E-state index is 0.0876. The van der Waals surface area contributed by atoms with Crippen molar-refractivity contribution in [1.82, 2.24) is 14.8 Å². The Morgan fingerprint density at radius 3 is 2.75 bits per heavy atom. The molecule has 3 rings (SSSR count). The zero-order chi connectivity index (χ0) is 17.3. The van der Waals surface area contributed by atoms with E-state index in [2.05, 4.69) is 10.1 Å². The molecule has 7 heteroatoms. The van der Waals surface area contributed by atoms with Gasteiger partial charge in [0.25, 0.3) is 5.69 Å². The van der Waals surface area contributed by atoms with Crippen LogP contribution < -0.4 is 4.74 Å². The van der Waals surface area contributed by atoms with E-state index in [9.17, 15) is 10.1 Å². The normalized spacial score (nSPS) is 11.0. The topological polar surface area (TPSA) is 83.1 Å². The molecule has 0 fully saturated rings. The lowest BCUT2D eigenvalue weighted by Gasteiger charge is -2.09. The molecule has 0 amide bonds. The van der Waals surface area contributed by atoms with E-state index in [1.807, 2.05) is 32.0 Å². The summed E-state index contributed by atoms with van der Waals surface area (Å²) in [5, 5.41) is 16.5. The highest BCUT2D eigenvalue weighted by atomic mass is 16.6. The monoisotopic (exact) mass is 326 g/mol. The van der Waals surface area contributed by atoms with E-state index in [0.717, 1.165) is 22.5 Å². The molecule has 0 bridgehead atoms. The summed E-state index contributed by atoms with van der Waals surface area (Å²) < 4.78 is 7.12. The first-order valence-corrected chi connectivity index (χ1v) is 7.68. The predicted octanol–water partition coefficient (Wildman–Crippen LogP) is 3.27. The van der Waals surface area contributed by atoms with E-state index < -0.39 is 0 Å². The standard InChI is InChI=1S/C17H18N4O3/c1-4-13-16-14(6-5-7-15(16)21(22)23)20(19-13)10-12-9-8-11(2)18-17(12)24-3/h5-9H,4,10H2,1-3H3. The van der Waals surface area contributed by atoms with Crippen LogP contribution >= 0.6 is 0 Å². The molecule has 0 saturated heterocycles. The van der Waals surface area contributed by atoms with E-state index in [-0.39, 0.29) is 10.6 Å². The van der Waals surface area contributed by atoms with Crippen molar-refractivity contribution < 1.29 is 9.66 Å². The quantitative estimate of drug-likeness (QED) is 0.531. The molecule has 0 unspecified atom stereocenters. The molecule has 124 valence electrons. The number of nitro benzene ring substituents is 1. The lowest BCUT2D eigenvalue weighted by Crippen LogP contribution is -2.05. The van der Waals surface area contributed by atoms with Crippen molar-refractivity contribution in [3.63, 3.8) is 0 Å². The average molecular weight is 326 g/mol. The van der Waals surface area contributed by atoms with Gasteiger partial charge in [0.2, 0.25) is 5.88 Å². The van der Waals surface area contributed by atoms with E-state index in [1.165, 1.54) is 6.07 Å². The number of nitro groups is 1. The third-order valence-corrected chi connectivity index (χ3v) is 3.95. The molecule has 3 aromatic rings. The van der Waals surface area contributed by atoms with Gasteiger partial charge in [0, 0.05) is 17.3 Å². The molecule has 2 heterocycles. The number of benzene rings is 1. The molecule has 0 atom stereocenters. The maximum Gasteiger partial charge on any atom is 0.280 e. The highest BCUT2D eigenvalue weighted by molar-refractivity contribution is 5.91. The number of nitrogens with zero attached hydrogens (tertiary/aromatic N) is 4. The molecular weight excluding hydrogens is 308 g/mol. The maximum atomic E-state index is 11.3. The number of methoxy groups -OCH3 is 1. The van der Waals surface area contributed by atoms with E-state index >= 15 is 0 Å². The maximum absolute atomic E-state index is 11.3. The first kappa shape index (κ1) is 15.9. The third-order valence-electron chi connectivity index (χ3n) is 3.95. The Labute approximate surface area is 139 Å². The Morgan fingerprint density at radius 1 is 1.29 bits per heavy atom. The van der Waals surface area contributed by atoms with Crippen LogP contribution in [0.4, 0.5) is 5.69 Å². The van der Waals surface area contributed by atoms with Gasteiger partial charge >= 0.3 is 0 Å². The lowest BCUT2D eigenvalue weighted by molar-refractivity contribution is -0.383. The second-order valence-electron chi connectivity index (χ2n) is 5.51. The number of pyridine rings is 1. The summed E-state index contributed by atoms with van der Waals surface area (Å²) in [6.07, 6.45) is 0.623. The Bertz CT molecular complexity index is 918. The molecule has 0 saturated carbocycles. The van der Waals surface area contributed by atoms with Crippen molar-refractivity contribution >= 4 is 16.6 Å². The number of fused-ring (bicyclic) bond motifs is 1. The van der Waals surface area contributed by atoms with Gasteiger partial charge in [-0.25, -0.2) is 4.98 Å². The van der Waals surface area contributed by atoms with Crippen LogP contribution in [-0.4, -0.2) is 26.8 Å². The predicted molar refractivity (Wildman–Crippen MR) is 90.4 cm³/mol. The smallest absolute Gasteiger partial charge is 0.280 e. The van der Waals surface area contributed by atoms with Gasteiger partial charge in [0.1, 0.15) is 5.39 Å². The summed E-state index contributed by atoms with van der Waals surface area (Å²) in [4.78, 5) is 15.3. The van der Waals surface area contributed by atoms with Crippen LogP contribution in [0.5, 0.6) is 5.88 Å². The van der Waals surface area contributed by atoms with E-state index in [1.54, 1.807) is 17.9 Å². The number of non-ortho nitro benzene ring substituents is 1. The Kier molecular flexibility index (Phi) is 4.16. The second-order valence-corrected chi connectivity index (χ2v) is 5.51. The largest absolute Gasteiger partial charge is 0.481 e. The molecule has 24 heavy (non-hydrogen) atoms. The number of aromatic nitrogens is 3. The fourth-order valence-corrected chi connectivity index (χ4v) is 2.83. The van der Waals surface area contributed by atoms with Crippen molar-refractivity contribution in [2.45, 2.75) is 26.8 Å². The molecule has 1 aromatic carbocycles. The molecule has 0 spiro atoms. The van der Waals surface area contributed by atoms with Crippen LogP contribution in [-0.2, 0) is 13.0 Å². The van der Waals surface area contributed by atoms with Crippen LogP contribution in [0, 0.1) is 17.0 Å². The van der Waals surface area contributed by atoms with Crippen molar-refractivity contribution in [1.29, 1.82) is 0 Å². The van der Waals surface area contributed by atoms with Crippen molar-refractivity contribution in [3.05, 3.63) is 57.4 Å². The van der Waals surface area contributed by atoms with Crippen LogP contribution in [0.2, 0.25) is 0 Å². The van der Waals surface area contributed by atoms with Gasteiger partial charge in [0.15, 0.2) is 0 Å². The highest BCUT2D eigenvalue weighted by Gasteiger charge is 2.20. The number of rotatable bonds is 5. The summed E-state index contributed by atoms with van der Waals surface area (Å²) in [7, 11) is 1.58. The molecule has 0 radical (unpaired) electrons. The molecule has 7 nitrogen and oxygen atoms in total. The number of aryl methyl sites for hydroxylation is 2. The SMILES string of the molecule is CCc1nn(Cc2ccc(C)nc2OC)c2cccc([N+](=O)[O-])c12.